The Morgan fingerprint density at radius 2 is 1.70 bits per heavy atom. The Morgan fingerprint density at radius 3 is 2.20 bits per heavy atom. The molecule has 2 amide bonds. The average Bonchev–Trinajstić information content (AvgIpc) is 2.41. The van der Waals surface area contributed by atoms with E-state index < -0.39 is 0 Å². The second kappa shape index (κ2) is 7.87. The van der Waals surface area contributed by atoms with Crippen molar-refractivity contribution in [3.63, 3.8) is 0 Å². The molecule has 1 fully saturated rings. The number of benzene rings is 1. The summed E-state index contributed by atoms with van der Waals surface area (Å²) in [6.07, 6.45) is 3.11. The van der Waals surface area contributed by atoms with Crippen LogP contribution in [0.3, 0.4) is 0 Å². The molecule has 6 heteroatoms. The lowest BCUT2D eigenvalue weighted by atomic mass is 10.0. The summed E-state index contributed by atoms with van der Waals surface area (Å²) >= 11 is 0. The Morgan fingerprint density at radius 1 is 1.10 bits per heavy atom. The molecule has 5 nitrogen and oxygen atoms in total. The average molecular weight is 298 g/mol. The van der Waals surface area contributed by atoms with Crippen LogP contribution in [0.1, 0.15) is 26.2 Å². The first kappa shape index (κ1) is 16.5. The Bertz CT molecular complexity index is 456. The van der Waals surface area contributed by atoms with E-state index in [9.17, 15) is 9.59 Å². The van der Waals surface area contributed by atoms with E-state index in [0.29, 0.717) is 0 Å². The molecule has 1 aromatic rings. The highest BCUT2D eigenvalue weighted by atomic mass is 35.5. The minimum absolute atomic E-state index is 0. The van der Waals surface area contributed by atoms with Crippen LogP contribution in [0, 0.1) is 0 Å². The maximum atomic E-state index is 12.0. The molecule has 0 radical (unpaired) electrons. The molecule has 20 heavy (non-hydrogen) atoms. The minimum atomic E-state index is -0.108. The van der Waals surface area contributed by atoms with E-state index in [0.717, 1.165) is 37.2 Å². The zero-order chi connectivity index (χ0) is 13.7. The first-order valence-electron chi connectivity index (χ1n) is 6.57. The Kier molecular flexibility index (Phi) is 6.48. The van der Waals surface area contributed by atoms with Crippen LogP contribution < -0.4 is 16.0 Å². The Hall–Kier alpha value is -1.59. The summed E-state index contributed by atoms with van der Waals surface area (Å²) in [7, 11) is 0. The lowest BCUT2D eigenvalue weighted by molar-refractivity contribution is -0.118. The number of hydrogen-bond acceptors (Lipinski definition) is 3. The molecule has 1 saturated heterocycles. The molecular formula is C14H20ClN3O2. The fourth-order valence-corrected chi connectivity index (χ4v) is 2.15. The first-order valence-corrected chi connectivity index (χ1v) is 6.57. The SMILES string of the molecule is CC(=O)Nc1ccc(NC(=O)[C@H]2CCCCN2)cc1.Cl. The predicted octanol–water partition coefficient (Wildman–Crippen LogP) is 2.15. The molecule has 2 rings (SSSR count). The maximum absolute atomic E-state index is 12.0. The van der Waals surface area contributed by atoms with Gasteiger partial charge in [-0.3, -0.25) is 9.59 Å². The van der Waals surface area contributed by atoms with E-state index >= 15 is 0 Å². The summed E-state index contributed by atoms with van der Waals surface area (Å²) < 4.78 is 0. The van der Waals surface area contributed by atoms with Crippen molar-refractivity contribution in [3.05, 3.63) is 24.3 Å². The molecule has 0 saturated carbocycles. The Balaban J connectivity index is 0.00000200. The van der Waals surface area contributed by atoms with E-state index in [4.69, 9.17) is 0 Å². The van der Waals surface area contributed by atoms with Gasteiger partial charge in [-0.05, 0) is 43.7 Å². The van der Waals surface area contributed by atoms with Gasteiger partial charge in [-0.25, -0.2) is 0 Å². The predicted molar refractivity (Wildman–Crippen MR) is 82.3 cm³/mol. The van der Waals surface area contributed by atoms with E-state index in [1.165, 1.54) is 6.92 Å². The van der Waals surface area contributed by atoms with E-state index in [1.807, 2.05) is 0 Å². The van der Waals surface area contributed by atoms with Gasteiger partial charge in [0.2, 0.25) is 11.8 Å². The lowest BCUT2D eigenvalue weighted by Gasteiger charge is -2.22. The summed E-state index contributed by atoms with van der Waals surface area (Å²) in [5, 5.41) is 8.77. The van der Waals surface area contributed by atoms with Gasteiger partial charge < -0.3 is 16.0 Å². The summed E-state index contributed by atoms with van der Waals surface area (Å²) in [6, 6.07) is 7.01. The quantitative estimate of drug-likeness (QED) is 0.800. The minimum Gasteiger partial charge on any atom is -0.326 e. The van der Waals surface area contributed by atoms with Crippen LogP contribution >= 0.6 is 12.4 Å². The van der Waals surface area contributed by atoms with Crippen LogP contribution in [0.4, 0.5) is 11.4 Å². The Labute approximate surface area is 124 Å². The first-order chi connectivity index (χ1) is 9.15. The number of amides is 2. The van der Waals surface area contributed by atoms with Gasteiger partial charge in [0.25, 0.3) is 0 Å². The standard InChI is InChI=1S/C14H19N3O2.ClH/c1-10(18)16-11-5-7-12(8-6-11)17-14(19)13-4-2-3-9-15-13;/h5-8,13,15H,2-4,9H2,1H3,(H,16,18)(H,17,19);1H/t13-;/m1./s1. The van der Waals surface area contributed by atoms with Crippen molar-refractivity contribution in [2.24, 2.45) is 0 Å². The van der Waals surface area contributed by atoms with Crippen molar-refractivity contribution in [3.8, 4) is 0 Å². The second-order valence-electron chi connectivity index (χ2n) is 4.75. The number of anilines is 2. The van der Waals surface area contributed by atoms with Crippen LogP contribution in [0.15, 0.2) is 24.3 Å². The van der Waals surface area contributed by atoms with E-state index in [-0.39, 0.29) is 30.3 Å². The molecule has 0 unspecified atom stereocenters. The van der Waals surface area contributed by atoms with Crippen LogP contribution in [-0.4, -0.2) is 24.4 Å². The third-order valence-electron chi connectivity index (χ3n) is 3.10. The van der Waals surface area contributed by atoms with Gasteiger partial charge in [0.1, 0.15) is 0 Å². The highest BCUT2D eigenvalue weighted by molar-refractivity contribution is 5.95. The number of piperidine rings is 1. The molecular weight excluding hydrogens is 278 g/mol. The normalized spacial score (nSPS) is 17.8. The lowest BCUT2D eigenvalue weighted by Crippen LogP contribution is -2.43. The van der Waals surface area contributed by atoms with Crippen molar-refractivity contribution < 1.29 is 9.59 Å². The maximum Gasteiger partial charge on any atom is 0.241 e. The molecule has 0 aliphatic carbocycles. The van der Waals surface area contributed by atoms with Gasteiger partial charge in [0.15, 0.2) is 0 Å². The fraction of sp³-hybridized carbons (Fsp3) is 0.429. The van der Waals surface area contributed by atoms with Gasteiger partial charge in [-0.15, -0.1) is 12.4 Å². The van der Waals surface area contributed by atoms with Crippen molar-refractivity contribution in [1.29, 1.82) is 0 Å². The number of carbonyl (C=O) groups excluding carboxylic acids is 2. The number of carbonyl (C=O) groups is 2. The molecule has 1 aliphatic rings. The summed E-state index contributed by atoms with van der Waals surface area (Å²) in [4.78, 5) is 22.9. The summed E-state index contributed by atoms with van der Waals surface area (Å²) in [5.41, 5.74) is 1.47. The van der Waals surface area contributed by atoms with Crippen molar-refractivity contribution >= 4 is 35.6 Å². The van der Waals surface area contributed by atoms with Gasteiger partial charge in [0, 0.05) is 18.3 Å². The zero-order valence-electron chi connectivity index (χ0n) is 11.4. The molecule has 1 aromatic carbocycles. The second-order valence-corrected chi connectivity index (χ2v) is 4.75. The summed E-state index contributed by atoms with van der Waals surface area (Å²) in [6.45, 7) is 2.37. The molecule has 1 aliphatic heterocycles. The highest BCUT2D eigenvalue weighted by Gasteiger charge is 2.20. The third kappa shape index (κ3) is 4.83. The van der Waals surface area contributed by atoms with Crippen LogP contribution in [0.25, 0.3) is 0 Å². The van der Waals surface area contributed by atoms with E-state index in [2.05, 4.69) is 16.0 Å². The molecule has 0 aromatic heterocycles. The van der Waals surface area contributed by atoms with Crippen molar-refractivity contribution in [1.82, 2.24) is 5.32 Å². The molecule has 110 valence electrons. The third-order valence-corrected chi connectivity index (χ3v) is 3.10. The van der Waals surface area contributed by atoms with E-state index in [1.54, 1.807) is 24.3 Å². The molecule has 0 spiro atoms. The van der Waals surface area contributed by atoms with Gasteiger partial charge in [-0.1, -0.05) is 6.42 Å². The topological polar surface area (TPSA) is 70.2 Å². The number of rotatable bonds is 3. The van der Waals surface area contributed by atoms with Crippen LogP contribution in [0.5, 0.6) is 0 Å². The van der Waals surface area contributed by atoms with Gasteiger partial charge >= 0.3 is 0 Å². The fourth-order valence-electron chi connectivity index (χ4n) is 2.15. The van der Waals surface area contributed by atoms with Crippen LogP contribution in [-0.2, 0) is 9.59 Å². The van der Waals surface area contributed by atoms with Gasteiger partial charge in [-0.2, -0.15) is 0 Å². The zero-order valence-corrected chi connectivity index (χ0v) is 12.3. The molecule has 3 N–H and O–H groups in total. The van der Waals surface area contributed by atoms with Crippen molar-refractivity contribution in [2.75, 3.05) is 17.2 Å². The van der Waals surface area contributed by atoms with Gasteiger partial charge in [0.05, 0.1) is 6.04 Å². The molecule has 1 atom stereocenters. The highest BCUT2D eigenvalue weighted by Crippen LogP contribution is 2.15. The smallest absolute Gasteiger partial charge is 0.241 e. The number of halogens is 1. The summed E-state index contributed by atoms with van der Waals surface area (Å²) in [5.74, 6) is -0.102. The number of nitrogens with one attached hydrogen (secondary N) is 3. The number of hydrogen-bond donors (Lipinski definition) is 3. The largest absolute Gasteiger partial charge is 0.326 e. The monoisotopic (exact) mass is 297 g/mol. The van der Waals surface area contributed by atoms with Crippen molar-refractivity contribution in [2.45, 2.75) is 32.2 Å². The van der Waals surface area contributed by atoms with Crippen LogP contribution in [0.2, 0.25) is 0 Å². The molecule has 0 bridgehead atoms. The molecule has 1 heterocycles.